The number of hydrogen-bond acceptors (Lipinski definition) is 0. The molecule has 2 aliphatic rings. The van der Waals surface area contributed by atoms with Crippen LogP contribution in [0, 0.1) is 35.0 Å². The molecule has 2 N–H and O–H groups in total. The van der Waals surface area contributed by atoms with E-state index in [9.17, 15) is 0 Å². The topological polar surface area (TPSA) is 8.88 Å². The third-order valence-electron chi connectivity index (χ3n) is 8.02. The first kappa shape index (κ1) is 46.0. The standard InChI is InChI=1S/C34H49N.C4H9N.C4H10.C3H4/c1-12-19-35(11)20-15-17-29-23-31(21-26(4)33(6,7)8)34(9,10)24-30(25(3)13-2)22-28-16-14-18-32(29)27(28)5;1-4-5(2)3;1-4(2)3;1-3-2/h12-19,21-23,27H,20,24H2,1-11H3;4H,1H2,2-3H3;4H,1-3H3;1H,2H3/p+2/b17-15+,19-12-,25-13+,26-21+,30-22+,31-23-,32-29-;;;. The molecular weight excluding hydrogens is 569 g/mol. The lowest BCUT2D eigenvalue weighted by Gasteiger charge is -2.33. The first-order chi connectivity index (χ1) is 21.7. The Morgan fingerprint density at radius 1 is 1.11 bits per heavy atom. The summed E-state index contributed by atoms with van der Waals surface area (Å²) in [4.78, 5) is 2.65. The van der Waals surface area contributed by atoms with Crippen molar-refractivity contribution in [3.63, 3.8) is 0 Å². The highest BCUT2D eigenvalue weighted by Crippen LogP contribution is 2.42. The fraction of sp³-hybridized carbons (Fsp3) is 0.511. The summed E-state index contributed by atoms with van der Waals surface area (Å²) >= 11 is 0. The molecule has 0 amide bonds. The van der Waals surface area contributed by atoms with Crippen LogP contribution in [0.4, 0.5) is 0 Å². The van der Waals surface area contributed by atoms with Gasteiger partial charge in [-0.15, -0.1) is 12.3 Å². The van der Waals surface area contributed by atoms with E-state index in [2.05, 4.69) is 183 Å². The summed E-state index contributed by atoms with van der Waals surface area (Å²) in [5, 5.41) is 0. The average Bonchev–Trinajstić information content (AvgIpc) is 2.95. The second-order valence-electron chi connectivity index (χ2n) is 15.3. The molecule has 2 heteroatoms. The molecule has 0 aromatic rings. The minimum Gasteiger partial charge on any atom is -0.314 e. The molecule has 0 spiro atoms. The Kier molecular flexibility index (Phi) is 22.8. The van der Waals surface area contributed by atoms with Crippen LogP contribution in [0.1, 0.15) is 103 Å². The molecule has 0 aromatic carbocycles. The summed E-state index contributed by atoms with van der Waals surface area (Å²) in [5.41, 5.74) is 9.89. The largest absolute Gasteiger partial charge is 0.314 e. The smallest absolute Gasteiger partial charge is 0.100 e. The van der Waals surface area contributed by atoms with Gasteiger partial charge in [-0.2, -0.15) is 0 Å². The molecule has 2 nitrogen and oxygen atoms in total. The molecular formula is C45H74N2+2. The Bertz CT molecular complexity index is 1280. The van der Waals surface area contributed by atoms with E-state index < -0.39 is 0 Å². The molecule has 2 unspecified atom stereocenters. The highest BCUT2D eigenvalue weighted by molar-refractivity contribution is 5.55. The SMILES string of the molecule is C#CC.C/C=C\[NH+](C)C/C=C/C1=C2\C=CC=C(/C=C(/C(C)=C/C)CC(C)(C)C(/C=C(\C)C(C)(C)C)=C\1)C2C.C=C[NH+](C)C.CC(C)C. The zero-order chi connectivity index (χ0) is 37.0. The number of likely N-dealkylation sites (N-methyl/N-ethyl adjacent to an activating group) is 1. The fourth-order valence-electron chi connectivity index (χ4n) is 4.52. The molecule has 262 valence electrons. The summed E-state index contributed by atoms with van der Waals surface area (Å²) in [7, 11) is 6.25. The van der Waals surface area contributed by atoms with Gasteiger partial charge in [-0.25, -0.2) is 0 Å². The number of allylic oxidation sites excluding steroid dienone is 16. The molecule has 0 saturated heterocycles. The zero-order valence-electron chi connectivity index (χ0n) is 33.8. The maximum absolute atomic E-state index is 4.60. The minimum absolute atomic E-state index is 0.00555. The van der Waals surface area contributed by atoms with Crippen molar-refractivity contribution in [2.75, 3.05) is 27.7 Å². The van der Waals surface area contributed by atoms with Crippen molar-refractivity contribution in [1.82, 2.24) is 0 Å². The van der Waals surface area contributed by atoms with Gasteiger partial charge < -0.3 is 9.80 Å². The van der Waals surface area contributed by atoms with Crippen molar-refractivity contribution in [3.8, 4) is 12.3 Å². The van der Waals surface area contributed by atoms with Gasteiger partial charge in [-0.1, -0.05) is 122 Å². The van der Waals surface area contributed by atoms with Gasteiger partial charge in [0.15, 0.2) is 0 Å². The Morgan fingerprint density at radius 3 is 2.09 bits per heavy atom. The molecule has 0 aromatic heterocycles. The summed E-state index contributed by atoms with van der Waals surface area (Å²) in [6.45, 7) is 35.5. The van der Waals surface area contributed by atoms with E-state index in [0.717, 1.165) is 18.9 Å². The normalized spacial score (nSPS) is 22.7. The Balaban J connectivity index is 0. The van der Waals surface area contributed by atoms with Gasteiger partial charge in [-0.05, 0) is 104 Å². The Labute approximate surface area is 293 Å². The van der Waals surface area contributed by atoms with Crippen LogP contribution in [-0.2, 0) is 0 Å². The quantitative estimate of drug-likeness (QED) is 0.256. The molecule has 2 rings (SSSR count). The predicted molar refractivity (Wildman–Crippen MR) is 214 cm³/mol. The van der Waals surface area contributed by atoms with Crippen LogP contribution in [0.2, 0.25) is 0 Å². The Hall–Kier alpha value is -3.12. The number of rotatable bonds is 7. The lowest BCUT2D eigenvalue weighted by Crippen LogP contribution is -3.03. The van der Waals surface area contributed by atoms with Crippen molar-refractivity contribution >= 4 is 0 Å². The van der Waals surface area contributed by atoms with Gasteiger partial charge in [0, 0.05) is 5.92 Å². The molecule has 0 fully saturated rings. The molecule has 2 aliphatic carbocycles. The molecule has 0 heterocycles. The third kappa shape index (κ3) is 19.3. The van der Waals surface area contributed by atoms with Crippen molar-refractivity contribution in [3.05, 3.63) is 119 Å². The van der Waals surface area contributed by atoms with Crippen LogP contribution in [0.5, 0.6) is 0 Å². The summed E-state index contributed by atoms with van der Waals surface area (Å²) in [6, 6.07) is 0. The van der Waals surface area contributed by atoms with Crippen molar-refractivity contribution in [1.29, 1.82) is 0 Å². The van der Waals surface area contributed by atoms with Crippen LogP contribution < -0.4 is 9.80 Å². The number of fused-ring (bicyclic) bond motifs is 2. The van der Waals surface area contributed by atoms with Crippen molar-refractivity contribution in [2.45, 2.75) is 103 Å². The first-order valence-electron chi connectivity index (χ1n) is 17.5. The lowest BCUT2D eigenvalue weighted by atomic mass is 9.72. The number of terminal acetylenes is 1. The van der Waals surface area contributed by atoms with Gasteiger partial charge in [0.2, 0.25) is 0 Å². The maximum atomic E-state index is 4.60. The number of nitrogens with one attached hydrogen (secondary N) is 2. The minimum atomic E-state index is -0.00555. The van der Waals surface area contributed by atoms with Crippen LogP contribution in [0.25, 0.3) is 0 Å². The molecule has 47 heavy (non-hydrogen) atoms. The van der Waals surface area contributed by atoms with E-state index in [-0.39, 0.29) is 10.8 Å². The monoisotopic (exact) mass is 643 g/mol. The van der Waals surface area contributed by atoms with Crippen LogP contribution in [-0.4, -0.2) is 27.7 Å². The average molecular weight is 643 g/mol. The lowest BCUT2D eigenvalue weighted by molar-refractivity contribution is -0.817. The van der Waals surface area contributed by atoms with Gasteiger partial charge in [0.05, 0.1) is 33.5 Å². The second-order valence-corrected chi connectivity index (χ2v) is 15.3. The van der Waals surface area contributed by atoms with E-state index in [4.69, 9.17) is 0 Å². The number of hydrogen-bond donors (Lipinski definition) is 2. The Morgan fingerprint density at radius 2 is 1.64 bits per heavy atom. The second kappa shape index (κ2) is 23.2. The highest BCUT2D eigenvalue weighted by Gasteiger charge is 2.28. The van der Waals surface area contributed by atoms with Gasteiger partial charge in [-0.3, -0.25) is 0 Å². The molecule has 0 saturated carbocycles. The highest BCUT2D eigenvalue weighted by atomic mass is 15.1. The van der Waals surface area contributed by atoms with Gasteiger partial charge in [0.1, 0.15) is 6.54 Å². The molecule has 2 bridgehead atoms. The zero-order valence-corrected chi connectivity index (χ0v) is 33.8. The summed E-state index contributed by atoms with van der Waals surface area (Å²) in [5.74, 6) is 3.44. The first-order valence-corrected chi connectivity index (χ1v) is 17.5. The van der Waals surface area contributed by atoms with Crippen LogP contribution >= 0.6 is 0 Å². The summed E-state index contributed by atoms with van der Waals surface area (Å²) < 4.78 is 0. The molecule has 0 radical (unpaired) electrons. The van der Waals surface area contributed by atoms with E-state index >= 15 is 0 Å². The van der Waals surface area contributed by atoms with Crippen LogP contribution in [0.15, 0.2) is 119 Å². The summed E-state index contributed by atoms with van der Waals surface area (Å²) in [6.07, 6.45) is 32.9. The maximum Gasteiger partial charge on any atom is 0.100 e. The van der Waals surface area contributed by atoms with Crippen LogP contribution in [0.3, 0.4) is 0 Å². The van der Waals surface area contributed by atoms with Crippen molar-refractivity contribution in [2.24, 2.45) is 22.7 Å². The number of quaternary nitrogens is 2. The van der Waals surface area contributed by atoms with Gasteiger partial charge in [0.25, 0.3) is 0 Å². The molecule has 0 aliphatic heterocycles. The van der Waals surface area contributed by atoms with Crippen molar-refractivity contribution < 1.29 is 9.80 Å². The van der Waals surface area contributed by atoms with E-state index in [0.29, 0.717) is 5.92 Å². The van der Waals surface area contributed by atoms with E-state index in [1.807, 2.05) is 20.3 Å². The van der Waals surface area contributed by atoms with Gasteiger partial charge >= 0.3 is 0 Å². The predicted octanol–water partition coefficient (Wildman–Crippen LogP) is 9.84. The third-order valence-corrected chi connectivity index (χ3v) is 8.02. The fourth-order valence-corrected chi connectivity index (χ4v) is 4.52. The van der Waals surface area contributed by atoms with E-state index in [1.54, 1.807) is 6.92 Å². The van der Waals surface area contributed by atoms with E-state index in [1.165, 1.54) is 48.8 Å². The molecule has 2 atom stereocenters.